The van der Waals surface area contributed by atoms with Crippen molar-refractivity contribution >= 4 is 29.0 Å². The first-order valence-corrected chi connectivity index (χ1v) is 8.81. The van der Waals surface area contributed by atoms with Crippen molar-refractivity contribution in [2.75, 3.05) is 0 Å². The topological polar surface area (TPSA) is 54.9 Å². The second kappa shape index (κ2) is 6.58. The number of aryl methyl sites for hydroxylation is 1. The maximum absolute atomic E-state index is 12.4. The standard InChI is InChI=1S/C15H17N3OS2/c1-10(21-15-18-16-9-20-15)14(19)17-13-8-4-6-11-5-2-3-7-12(11)13/h2-3,5,7,9-10,13H,4,6,8H2,1H3,(H,17,19). The molecule has 0 saturated heterocycles. The molecule has 1 aromatic carbocycles. The molecule has 4 nitrogen and oxygen atoms in total. The van der Waals surface area contributed by atoms with Crippen molar-refractivity contribution in [1.29, 1.82) is 0 Å². The molecule has 3 rings (SSSR count). The summed E-state index contributed by atoms with van der Waals surface area (Å²) in [4.78, 5) is 12.4. The number of hydrogen-bond donors (Lipinski definition) is 1. The zero-order chi connectivity index (χ0) is 14.7. The van der Waals surface area contributed by atoms with Crippen LogP contribution in [0.2, 0.25) is 0 Å². The van der Waals surface area contributed by atoms with Crippen molar-refractivity contribution < 1.29 is 4.79 Å². The van der Waals surface area contributed by atoms with E-state index in [1.54, 1.807) is 5.51 Å². The van der Waals surface area contributed by atoms with E-state index < -0.39 is 0 Å². The molecule has 2 unspecified atom stereocenters. The molecule has 0 spiro atoms. The van der Waals surface area contributed by atoms with Crippen molar-refractivity contribution in [3.63, 3.8) is 0 Å². The second-order valence-corrected chi connectivity index (χ2v) is 7.54. The molecule has 2 atom stereocenters. The molecular formula is C15H17N3OS2. The van der Waals surface area contributed by atoms with Crippen molar-refractivity contribution in [3.8, 4) is 0 Å². The minimum Gasteiger partial charge on any atom is -0.348 e. The zero-order valence-corrected chi connectivity index (χ0v) is 13.4. The lowest BCUT2D eigenvalue weighted by molar-refractivity contribution is -0.121. The van der Waals surface area contributed by atoms with Gasteiger partial charge in [0.15, 0.2) is 4.34 Å². The molecule has 1 N–H and O–H groups in total. The summed E-state index contributed by atoms with van der Waals surface area (Å²) >= 11 is 2.93. The average molecular weight is 319 g/mol. The van der Waals surface area contributed by atoms with Gasteiger partial charge < -0.3 is 5.32 Å². The number of rotatable bonds is 4. The zero-order valence-electron chi connectivity index (χ0n) is 11.8. The second-order valence-electron chi connectivity index (χ2n) is 5.12. The van der Waals surface area contributed by atoms with E-state index in [9.17, 15) is 4.79 Å². The van der Waals surface area contributed by atoms with E-state index in [4.69, 9.17) is 0 Å². The summed E-state index contributed by atoms with van der Waals surface area (Å²) in [7, 11) is 0. The summed E-state index contributed by atoms with van der Waals surface area (Å²) in [5, 5.41) is 10.8. The molecule has 1 amide bonds. The number of benzene rings is 1. The fourth-order valence-corrected chi connectivity index (χ4v) is 4.25. The van der Waals surface area contributed by atoms with E-state index in [0.29, 0.717) is 0 Å². The Balaban J connectivity index is 1.65. The number of aromatic nitrogens is 2. The smallest absolute Gasteiger partial charge is 0.233 e. The van der Waals surface area contributed by atoms with Gasteiger partial charge in [-0.3, -0.25) is 4.79 Å². The van der Waals surface area contributed by atoms with Gasteiger partial charge in [0.1, 0.15) is 5.51 Å². The van der Waals surface area contributed by atoms with Gasteiger partial charge in [0.25, 0.3) is 0 Å². The van der Waals surface area contributed by atoms with Gasteiger partial charge in [-0.2, -0.15) is 0 Å². The molecule has 6 heteroatoms. The van der Waals surface area contributed by atoms with Gasteiger partial charge >= 0.3 is 0 Å². The largest absolute Gasteiger partial charge is 0.348 e. The van der Waals surface area contributed by atoms with Crippen LogP contribution in [0.15, 0.2) is 34.1 Å². The Bertz CT molecular complexity index is 615. The molecule has 1 heterocycles. The number of carbonyl (C=O) groups excluding carboxylic acids is 1. The van der Waals surface area contributed by atoms with Gasteiger partial charge in [0.2, 0.25) is 5.91 Å². The molecule has 110 valence electrons. The van der Waals surface area contributed by atoms with Crippen LogP contribution >= 0.6 is 23.1 Å². The minimum atomic E-state index is -0.160. The van der Waals surface area contributed by atoms with E-state index in [0.717, 1.165) is 23.6 Å². The molecule has 0 saturated carbocycles. The monoisotopic (exact) mass is 319 g/mol. The molecule has 2 aromatic rings. The summed E-state index contributed by atoms with van der Waals surface area (Å²) < 4.78 is 0.835. The normalized spacial score (nSPS) is 18.8. The van der Waals surface area contributed by atoms with Gasteiger partial charge in [-0.25, -0.2) is 0 Å². The summed E-state index contributed by atoms with van der Waals surface area (Å²) in [6.45, 7) is 1.91. The first-order valence-electron chi connectivity index (χ1n) is 7.05. The molecule has 0 aliphatic heterocycles. The maximum atomic E-state index is 12.4. The van der Waals surface area contributed by atoms with Crippen molar-refractivity contribution in [1.82, 2.24) is 15.5 Å². The molecule has 0 bridgehead atoms. The summed E-state index contributed by atoms with van der Waals surface area (Å²) in [5.41, 5.74) is 4.31. The molecule has 1 aromatic heterocycles. The molecule has 1 aliphatic carbocycles. The van der Waals surface area contributed by atoms with Crippen LogP contribution in [0.4, 0.5) is 0 Å². The molecule has 1 aliphatic rings. The van der Waals surface area contributed by atoms with E-state index in [1.807, 2.05) is 13.0 Å². The first-order chi connectivity index (χ1) is 10.2. The van der Waals surface area contributed by atoms with E-state index in [1.165, 1.54) is 34.2 Å². The SMILES string of the molecule is CC(Sc1nncs1)C(=O)NC1CCCc2ccccc21. The van der Waals surface area contributed by atoms with Crippen LogP contribution in [0.25, 0.3) is 0 Å². The molecular weight excluding hydrogens is 302 g/mol. The lowest BCUT2D eigenvalue weighted by atomic mass is 9.88. The van der Waals surface area contributed by atoms with Gasteiger partial charge in [-0.1, -0.05) is 47.4 Å². The Morgan fingerprint density at radius 1 is 1.48 bits per heavy atom. The maximum Gasteiger partial charge on any atom is 0.233 e. The molecule has 0 fully saturated rings. The number of fused-ring (bicyclic) bond motifs is 1. The Kier molecular flexibility index (Phi) is 4.55. The van der Waals surface area contributed by atoms with Crippen molar-refractivity contribution in [2.24, 2.45) is 0 Å². The van der Waals surface area contributed by atoms with Crippen molar-refractivity contribution in [3.05, 3.63) is 40.9 Å². The Morgan fingerprint density at radius 3 is 3.14 bits per heavy atom. The van der Waals surface area contributed by atoms with Crippen molar-refractivity contribution in [2.45, 2.75) is 41.8 Å². The number of carbonyl (C=O) groups is 1. The van der Waals surface area contributed by atoms with E-state index in [2.05, 4.69) is 33.7 Å². The summed E-state index contributed by atoms with van der Waals surface area (Å²) in [6.07, 6.45) is 3.25. The Hall–Kier alpha value is -1.40. The number of nitrogens with one attached hydrogen (secondary N) is 1. The third kappa shape index (κ3) is 3.44. The highest BCUT2D eigenvalue weighted by molar-refractivity contribution is 8.02. The highest BCUT2D eigenvalue weighted by Gasteiger charge is 2.24. The Labute approximate surface area is 132 Å². The fourth-order valence-electron chi connectivity index (χ4n) is 2.61. The highest BCUT2D eigenvalue weighted by atomic mass is 32.2. The third-order valence-electron chi connectivity index (χ3n) is 3.67. The first kappa shape index (κ1) is 14.5. The molecule has 0 radical (unpaired) electrons. The van der Waals surface area contributed by atoms with Crippen LogP contribution in [-0.4, -0.2) is 21.4 Å². The van der Waals surface area contributed by atoms with E-state index in [-0.39, 0.29) is 17.2 Å². The van der Waals surface area contributed by atoms with Crippen LogP contribution in [0.5, 0.6) is 0 Å². The van der Waals surface area contributed by atoms with Crippen LogP contribution in [0, 0.1) is 0 Å². The number of amides is 1. The lowest BCUT2D eigenvalue weighted by Gasteiger charge is -2.27. The average Bonchev–Trinajstić information content (AvgIpc) is 3.00. The van der Waals surface area contributed by atoms with Crippen LogP contribution in [0.1, 0.15) is 36.9 Å². The van der Waals surface area contributed by atoms with E-state index >= 15 is 0 Å². The van der Waals surface area contributed by atoms with Gasteiger partial charge in [-0.05, 0) is 37.3 Å². The predicted octanol–water partition coefficient (Wildman–Crippen LogP) is 3.21. The van der Waals surface area contributed by atoms with Gasteiger partial charge in [-0.15, -0.1) is 10.2 Å². The minimum absolute atomic E-state index is 0.0666. The highest BCUT2D eigenvalue weighted by Crippen LogP contribution is 2.30. The number of nitrogens with zero attached hydrogens (tertiary/aromatic N) is 2. The lowest BCUT2D eigenvalue weighted by Crippen LogP contribution is -2.35. The summed E-state index contributed by atoms with van der Waals surface area (Å²) in [5.74, 6) is 0.0666. The van der Waals surface area contributed by atoms with Gasteiger partial charge in [0, 0.05) is 0 Å². The third-order valence-corrected chi connectivity index (χ3v) is 5.58. The Morgan fingerprint density at radius 2 is 2.33 bits per heavy atom. The van der Waals surface area contributed by atoms with Gasteiger partial charge in [0.05, 0.1) is 11.3 Å². The quantitative estimate of drug-likeness (QED) is 0.879. The number of hydrogen-bond acceptors (Lipinski definition) is 5. The summed E-state index contributed by atoms with van der Waals surface area (Å²) in [6, 6.07) is 8.54. The fraction of sp³-hybridized carbons (Fsp3) is 0.400. The van der Waals surface area contributed by atoms with Crippen LogP contribution in [0.3, 0.4) is 0 Å². The van der Waals surface area contributed by atoms with Crippen LogP contribution < -0.4 is 5.32 Å². The molecule has 21 heavy (non-hydrogen) atoms. The number of thioether (sulfide) groups is 1. The van der Waals surface area contributed by atoms with Crippen LogP contribution in [-0.2, 0) is 11.2 Å². The predicted molar refractivity (Wildman–Crippen MR) is 85.5 cm³/mol.